The number of methoxy groups -OCH3 is 2. The van der Waals surface area contributed by atoms with Gasteiger partial charge in [0.25, 0.3) is 0 Å². The highest BCUT2D eigenvalue weighted by molar-refractivity contribution is 6.35. The number of fused-ring (bicyclic) bond motifs is 4. The summed E-state index contributed by atoms with van der Waals surface area (Å²) in [6.45, 7) is 7.57. The van der Waals surface area contributed by atoms with Crippen LogP contribution >= 0.6 is 23.2 Å². The fraction of sp³-hybridized carbons (Fsp3) is 0.346. The minimum absolute atomic E-state index is 0. The monoisotopic (exact) mass is 1010 g/mol. The van der Waals surface area contributed by atoms with E-state index in [1.165, 1.54) is 62.8 Å². The molecule has 19 heteroatoms. The fourth-order valence-electron chi connectivity index (χ4n) is 8.10. The predicted octanol–water partition coefficient (Wildman–Crippen LogP) is 7.58. The number of carbonyl (C=O) groups excluding carboxylic acids is 10. The average Bonchev–Trinajstić information content (AvgIpc) is 3.34. The lowest BCUT2D eigenvalue weighted by Crippen LogP contribution is -2.42. The van der Waals surface area contributed by atoms with Crippen LogP contribution in [0.25, 0.3) is 0 Å². The number of hydrogen-bond donors (Lipinski definition) is 5. The second-order valence-corrected chi connectivity index (χ2v) is 17.7. The van der Waals surface area contributed by atoms with Gasteiger partial charge in [-0.2, -0.15) is 0 Å². The second-order valence-electron chi connectivity index (χ2n) is 17.2. The van der Waals surface area contributed by atoms with Gasteiger partial charge in [0, 0.05) is 28.7 Å². The van der Waals surface area contributed by atoms with E-state index in [-0.39, 0.29) is 118 Å². The van der Waals surface area contributed by atoms with Crippen LogP contribution in [0.3, 0.4) is 0 Å². The molecule has 2 aliphatic rings. The van der Waals surface area contributed by atoms with Crippen LogP contribution in [0.1, 0.15) is 124 Å². The number of carbonyl (C=O) groups is 10. The van der Waals surface area contributed by atoms with E-state index in [1.807, 2.05) is 27.7 Å². The van der Waals surface area contributed by atoms with Crippen LogP contribution in [-0.2, 0) is 38.2 Å². The molecule has 5 N–H and O–H groups in total. The van der Waals surface area contributed by atoms with Crippen LogP contribution in [0.5, 0.6) is 0 Å². The Morgan fingerprint density at radius 2 is 0.831 bits per heavy atom. The SMILES string of the molecule is C.COC(=O)[C@@H](CCC(=O)Nc1ccc(NC(=O)CN[C@H](CC(C)C)C(=O)OC)c2c1C(=O)c1ccccc1C2=O)CC(C)C.O=C(CCl)Nc1ccc(NC(=O)CCl)c2c1C(=O)c1ccccc1C2=O. The maximum Gasteiger partial charge on any atom is 0.322 e. The van der Waals surface area contributed by atoms with Gasteiger partial charge in [-0.15, -0.1) is 23.2 Å². The van der Waals surface area contributed by atoms with Gasteiger partial charge >= 0.3 is 11.9 Å². The summed E-state index contributed by atoms with van der Waals surface area (Å²) in [7, 11) is 2.58. The topological polar surface area (TPSA) is 249 Å². The van der Waals surface area contributed by atoms with Crippen LogP contribution in [-0.4, -0.2) is 97.3 Å². The highest BCUT2D eigenvalue weighted by atomic mass is 35.5. The van der Waals surface area contributed by atoms with Crippen molar-refractivity contribution in [2.24, 2.45) is 17.8 Å². The van der Waals surface area contributed by atoms with Crippen molar-refractivity contribution < 1.29 is 57.4 Å². The summed E-state index contributed by atoms with van der Waals surface area (Å²) < 4.78 is 9.73. The molecule has 71 heavy (non-hydrogen) atoms. The van der Waals surface area contributed by atoms with Crippen molar-refractivity contribution in [1.29, 1.82) is 0 Å². The van der Waals surface area contributed by atoms with Gasteiger partial charge in [0.1, 0.15) is 17.8 Å². The number of esters is 2. The Morgan fingerprint density at radius 1 is 0.493 bits per heavy atom. The quantitative estimate of drug-likeness (QED) is 0.0412. The first-order valence-corrected chi connectivity index (χ1v) is 23.3. The molecule has 0 aromatic heterocycles. The third-order valence-corrected chi connectivity index (χ3v) is 11.7. The molecule has 4 aromatic carbocycles. The number of nitrogens with one attached hydrogen (secondary N) is 5. The Morgan fingerprint density at radius 3 is 1.15 bits per heavy atom. The highest BCUT2D eigenvalue weighted by Gasteiger charge is 2.36. The number of anilines is 4. The molecule has 0 fully saturated rings. The molecule has 0 radical (unpaired) electrons. The minimum atomic E-state index is -0.702. The van der Waals surface area contributed by atoms with Crippen molar-refractivity contribution in [2.75, 3.05) is 53.8 Å². The van der Waals surface area contributed by atoms with E-state index >= 15 is 0 Å². The van der Waals surface area contributed by atoms with Crippen LogP contribution in [0.4, 0.5) is 22.7 Å². The lowest BCUT2D eigenvalue weighted by Gasteiger charge is -2.24. The van der Waals surface area contributed by atoms with Crippen molar-refractivity contribution in [1.82, 2.24) is 5.32 Å². The van der Waals surface area contributed by atoms with Gasteiger partial charge in [0.2, 0.25) is 23.6 Å². The Balaban J connectivity index is 0.000000344. The van der Waals surface area contributed by atoms with Crippen molar-refractivity contribution in [3.05, 3.63) is 117 Å². The summed E-state index contributed by atoms with van der Waals surface area (Å²) in [6, 6.07) is 17.8. The van der Waals surface area contributed by atoms with Gasteiger partial charge in [0.15, 0.2) is 23.1 Å². The van der Waals surface area contributed by atoms with Gasteiger partial charge in [-0.3, -0.25) is 53.3 Å². The molecule has 0 saturated heterocycles. The number of ether oxygens (including phenoxy) is 2. The van der Waals surface area contributed by atoms with Crippen molar-refractivity contribution in [3.8, 4) is 0 Å². The zero-order chi connectivity index (χ0) is 51.4. The normalized spacial score (nSPS) is 12.9. The maximum atomic E-state index is 13.7. The molecule has 4 amide bonds. The van der Waals surface area contributed by atoms with Gasteiger partial charge in [-0.25, -0.2) is 0 Å². The van der Waals surface area contributed by atoms with Gasteiger partial charge in [0.05, 0.1) is 71.7 Å². The van der Waals surface area contributed by atoms with Crippen molar-refractivity contribution in [2.45, 2.75) is 66.8 Å². The molecule has 0 spiro atoms. The number of rotatable bonds is 18. The van der Waals surface area contributed by atoms with Gasteiger partial charge < -0.3 is 30.7 Å². The third kappa shape index (κ3) is 13.6. The molecule has 6 rings (SSSR count). The first-order chi connectivity index (χ1) is 33.3. The Labute approximate surface area is 421 Å². The highest BCUT2D eigenvalue weighted by Crippen LogP contribution is 2.38. The number of hydrogen-bond acceptors (Lipinski definition) is 13. The van der Waals surface area contributed by atoms with Crippen LogP contribution in [0.2, 0.25) is 0 Å². The predicted molar refractivity (Wildman–Crippen MR) is 270 cm³/mol. The summed E-state index contributed by atoms with van der Waals surface area (Å²) in [6.07, 6.45) is 1.24. The zero-order valence-electron chi connectivity index (χ0n) is 39.3. The molecule has 17 nitrogen and oxygen atoms in total. The molecular formula is C52H57Cl2N5O12. The summed E-state index contributed by atoms with van der Waals surface area (Å²) >= 11 is 11.0. The Kier molecular flexibility index (Phi) is 20.4. The third-order valence-electron chi connectivity index (χ3n) is 11.2. The summed E-state index contributed by atoms with van der Waals surface area (Å²) in [4.78, 5) is 127. The standard InChI is InChI=1S/C33H41N3O8.C18H12Cl2N2O4.CH4/c1-18(2)15-20(32(41)43-5)11-14-26(37)35-23-12-13-24(36-27(38)17-34-25(16-19(3)4)33(42)44-6)29-28(23)30(39)21-9-7-8-10-22(21)31(29)40;19-7-13(23)21-11-5-6-12(22-14(24)8-20)16-15(11)17(25)9-3-1-2-4-10(9)18(16)26;/h7-10,12-13,18-20,25,34H,11,14-17H2,1-6H3,(H,35,37)(H,36,38);1-6H,7-8H2,(H,21,23)(H,22,24);1H4/t20-,25+;;/m0../s1. The number of halogens is 2. The van der Waals surface area contributed by atoms with Crippen LogP contribution in [0, 0.1) is 17.8 Å². The Bertz CT molecular complexity index is 2570. The number of ketones is 4. The molecule has 0 aliphatic heterocycles. The number of benzene rings is 4. The summed E-state index contributed by atoms with van der Waals surface area (Å²) in [5, 5.41) is 13.3. The van der Waals surface area contributed by atoms with Crippen LogP contribution in [0.15, 0.2) is 72.8 Å². The maximum absolute atomic E-state index is 13.7. The first-order valence-electron chi connectivity index (χ1n) is 22.3. The zero-order valence-corrected chi connectivity index (χ0v) is 40.9. The van der Waals surface area contributed by atoms with E-state index in [0.29, 0.717) is 12.8 Å². The molecule has 0 bridgehead atoms. The van der Waals surface area contributed by atoms with Crippen molar-refractivity contribution >= 4 is 105 Å². The lowest BCUT2D eigenvalue weighted by atomic mass is 9.82. The van der Waals surface area contributed by atoms with E-state index in [9.17, 15) is 47.9 Å². The van der Waals surface area contributed by atoms with Gasteiger partial charge in [-0.1, -0.05) is 83.7 Å². The molecule has 376 valence electrons. The molecular weight excluding hydrogens is 958 g/mol. The molecule has 0 heterocycles. The van der Waals surface area contributed by atoms with E-state index in [2.05, 4.69) is 26.6 Å². The summed E-state index contributed by atoms with van der Waals surface area (Å²) in [5.41, 5.74) is 1.30. The smallest absolute Gasteiger partial charge is 0.322 e. The molecule has 2 aliphatic carbocycles. The van der Waals surface area contributed by atoms with E-state index in [1.54, 1.807) is 24.3 Å². The van der Waals surface area contributed by atoms with E-state index in [4.69, 9.17) is 32.7 Å². The second kappa shape index (κ2) is 25.7. The van der Waals surface area contributed by atoms with E-state index < -0.39 is 70.7 Å². The number of alkyl halides is 2. The van der Waals surface area contributed by atoms with Gasteiger partial charge in [-0.05, 0) is 55.4 Å². The molecule has 0 unspecified atom stereocenters. The lowest BCUT2D eigenvalue weighted by molar-refractivity contribution is -0.146. The number of amides is 4. The molecule has 2 atom stereocenters. The Hall–Kier alpha value is -7.08. The van der Waals surface area contributed by atoms with Crippen LogP contribution < -0.4 is 26.6 Å². The fourth-order valence-corrected chi connectivity index (χ4v) is 8.24. The first kappa shape index (κ1) is 56.5. The molecule has 0 saturated carbocycles. The summed E-state index contributed by atoms with van der Waals surface area (Å²) in [5.74, 6) is -5.42. The minimum Gasteiger partial charge on any atom is -0.469 e. The largest absolute Gasteiger partial charge is 0.469 e. The van der Waals surface area contributed by atoms with Crippen molar-refractivity contribution in [3.63, 3.8) is 0 Å². The van der Waals surface area contributed by atoms with E-state index in [0.717, 1.165) is 0 Å². The molecule has 4 aromatic rings. The average molecular weight is 1010 g/mol.